The number of benzene rings is 1. The van der Waals surface area contributed by atoms with Crippen LogP contribution in [0.25, 0.3) is 0 Å². The molecule has 0 amide bonds. The minimum Gasteiger partial charge on any atom is -0.404 e. The normalized spacial score (nSPS) is 12.4. The van der Waals surface area contributed by atoms with E-state index in [1.807, 2.05) is 0 Å². The fourth-order valence-electron chi connectivity index (χ4n) is 2.24. The van der Waals surface area contributed by atoms with Gasteiger partial charge in [-0.05, 0) is 24.3 Å². The van der Waals surface area contributed by atoms with Crippen LogP contribution in [0.3, 0.4) is 0 Å². The topological polar surface area (TPSA) is 59.5 Å². The van der Waals surface area contributed by atoms with Crippen LogP contribution in [-0.4, -0.2) is 37.2 Å². The monoisotopic (exact) mass is 374 g/mol. The van der Waals surface area contributed by atoms with Crippen LogP contribution in [0.1, 0.15) is 12.6 Å². The number of aromatic nitrogens is 1. The molecule has 0 radical (unpaired) electrons. The van der Waals surface area contributed by atoms with Crippen molar-refractivity contribution in [2.24, 2.45) is 0 Å². The average molecular weight is 374 g/mol. The number of hydrogen-bond donors (Lipinski definition) is 0. The number of likely N-dealkylation sites (N-methyl/N-ethyl adjacent to an activating group) is 1. The summed E-state index contributed by atoms with van der Waals surface area (Å²) in [6, 6.07) is 9.98. The number of pyridine rings is 1. The molecule has 9 heteroatoms. The number of ether oxygens (including phenoxy) is 1. The SMILES string of the molecule is CCN(CCc1ccccn1)S(=O)(=O)c1ccccc1OC(F)(F)F. The predicted molar refractivity (Wildman–Crippen MR) is 85.5 cm³/mol. The highest BCUT2D eigenvalue weighted by molar-refractivity contribution is 7.89. The van der Waals surface area contributed by atoms with Crippen molar-refractivity contribution in [2.45, 2.75) is 24.6 Å². The van der Waals surface area contributed by atoms with E-state index in [1.165, 1.54) is 12.1 Å². The first-order valence-electron chi connectivity index (χ1n) is 7.49. The number of alkyl halides is 3. The van der Waals surface area contributed by atoms with Gasteiger partial charge in [0.1, 0.15) is 10.6 Å². The van der Waals surface area contributed by atoms with Crippen LogP contribution in [0.15, 0.2) is 53.6 Å². The Kier molecular flexibility index (Phi) is 6.02. The van der Waals surface area contributed by atoms with Crippen molar-refractivity contribution >= 4 is 10.0 Å². The number of rotatable bonds is 7. The molecule has 0 aliphatic carbocycles. The summed E-state index contributed by atoms with van der Waals surface area (Å²) < 4.78 is 68.0. The molecule has 0 aliphatic heterocycles. The van der Waals surface area contributed by atoms with Gasteiger partial charge in [0.2, 0.25) is 10.0 Å². The Morgan fingerprint density at radius 3 is 2.40 bits per heavy atom. The first-order chi connectivity index (χ1) is 11.7. The predicted octanol–water partition coefficient (Wildman–Crippen LogP) is 3.23. The van der Waals surface area contributed by atoms with Gasteiger partial charge in [-0.3, -0.25) is 4.98 Å². The van der Waals surface area contributed by atoms with Gasteiger partial charge in [-0.25, -0.2) is 8.42 Å². The molecule has 2 aromatic rings. The molecular formula is C16H17F3N2O3S. The lowest BCUT2D eigenvalue weighted by molar-refractivity contribution is -0.275. The zero-order valence-corrected chi connectivity index (χ0v) is 14.2. The van der Waals surface area contributed by atoms with Gasteiger partial charge in [-0.2, -0.15) is 4.31 Å². The van der Waals surface area contributed by atoms with Gasteiger partial charge in [-0.1, -0.05) is 25.1 Å². The van der Waals surface area contributed by atoms with E-state index in [0.717, 1.165) is 16.4 Å². The molecule has 0 spiro atoms. The minimum absolute atomic E-state index is 0.0935. The fourth-order valence-corrected chi connectivity index (χ4v) is 3.81. The molecule has 0 bridgehead atoms. The highest BCUT2D eigenvalue weighted by Gasteiger charge is 2.35. The summed E-state index contributed by atoms with van der Waals surface area (Å²) in [4.78, 5) is 3.59. The molecule has 1 heterocycles. The summed E-state index contributed by atoms with van der Waals surface area (Å²) in [6.07, 6.45) is -3.04. The summed E-state index contributed by atoms with van der Waals surface area (Å²) in [5.41, 5.74) is 0.691. The van der Waals surface area contributed by atoms with E-state index in [1.54, 1.807) is 31.3 Å². The molecule has 2 rings (SSSR count). The maximum absolute atomic E-state index is 12.7. The fraction of sp³-hybridized carbons (Fsp3) is 0.312. The van der Waals surface area contributed by atoms with Crippen LogP contribution >= 0.6 is 0 Å². The summed E-state index contributed by atoms with van der Waals surface area (Å²) in [5, 5.41) is 0. The second-order valence-corrected chi connectivity index (χ2v) is 6.97. The van der Waals surface area contributed by atoms with Gasteiger partial charge in [-0.15, -0.1) is 13.2 Å². The maximum Gasteiger partial charge on any atom is 0.573 e. The Morgan fingerprint density at radius 2 is 1.80 bits per heavy atom. The lowest BCUT2D eigenvalue weighted by Crippen LogP contribution is -2.33. The standard InChI is InChI=1S/C16H17F3N2O3S/c1-2-21(12-10-13-7-5-6-11-20-13)25(22,23)15-9-4-3-8-14(15)24-16(17,18)19/h3-9,11H,2,10,12H2,1H3. The molecule has 0 N–H and O–H groups in total. The van der Waals surface area contributed by atoms with E-state index in [0.29, 0.717) is 12.1 Å². The Bertz CT molecular complexity index is 796. The minimum atomic E-state index is -4.98. The third kappa shape index (κ3) is 5.17. The van der Waals surface area contributed by atoms with Crippen molar-refractivity contribution in [1.29, 1.82) is 0 Å². The van der Waals surface area contributed by atoms with Crippen molar-refractivity contribution in [1.82, 2.24) is 9.29 Å². The molecule has 0 saturated carbocycles. The Morgan fingerprint density at radius 1 is 1.12 bits per heavy atom. The van der Waals surface area contributed by atoms with Crippen LogP contribution < -0.4 is 4.74 Å². The Balaban J connectivity index is 2.26. The number of para-hydroxylation sites is 1. The highest BCUT2D eigenvalue weighted by atomic mass is 32.2. The molecule has 5 nitrogen and oxygen atoms in total. The van der Waals surface area contributed by atoms with E-state index in [-0.39, 0.29) is 13.1 Å². The third-order valence-electron chi connectivity index (χ3n) is 3.39. The number of hydrogen-bond acceptors (Lipinski definition) is 4. The van der Waals surface area contributed by atoms with Gasteiger partial charge in [0.15, 0.2) is 0 Å². The van der Waals surface area contributed by atoms with E-state index < -0.39 is 27.0 Å². The first-order valence-corrected chi connectivity index (χ1v) is 8.93. The molecule has 1 aromatic carbocycles. The van der Waals surface area contributed by atoms with Crippen LogP contribution in [0.4, 0.5) is 13.2 Å². The van der Waals surface area contributed by atoms with Crippen molar-refractivity contribution < 1.29 is 26.3 Å². The second-order valence-electron chi connectivity index (χ2n) is 5.06. The highest BCUT2D eigenvalue weighted by Crippen LogP contribution is 2.31. The second kappa shape index (κ2) is 7.83. The van der Waals surface area contributed by atoms with Crippen molar-refractivity contribution in [3.8, 4) is 5.75 Å². The van der Waals surface area contributed by atoms with E-state index in [9.17, 15) is 21.6 Å². The smallest absolute Gasteiger partial charge is 0.404 e. The number of sulfonamides is 1. The van der Waals surface area contributed by atoms with Crippen molar-refractivity contribution in [3.63, 3.8) is 0 Å². The molecule has 0 unspecified atom stereocenters. The summed E-state index contributed by atoms with van der Waals surface area (Å²) in [7, 11) is -4.14. The zero-order chi connectivity index (χ0) is 18.5. The van der Waals surface area contributed by atoms with Crippen molar-refractivity contribution in [2.75, 3.05) is 13.1 Å². The van der Waals surface area contributed by atoms with Gasteiger partial charge in [0, 0.05) is 31.4 Å². The molecule has 1 aromatic heterocycles. The van der Waals surface area contributed by atoms with E-state index in [4.69, 9.17) is 0 Å². The lowest BCUT2D eigenvalue weighted by Gasteiger charge is -2.22. The van der Waals surface area contributed by atoms with Gasteiger partial charge >= 0.3 is 6.36 Å². The van der Waals surface area contributed by atoms with Crippen LogP contribution in [0.2, 0.25) is 0 Å². The lowest BCUT2D eigenvalue weighted by atomic mass is 10.3. The maximum atomic E-state index is 12.7. The summed E-state index contributed by atoms with van der Waals surface area (Å²) in [5.74, 6) is -0.744. The number of halogens is 3. The summed E-state index contributed by atoms with van der Waals surface area (Å²) in [6.45, 7) is 1.81. The van der Waals surface area contributed by atoms with Gasteiger partial charge < -0.3 is 4.74 Å². The zero-order valence-electron chi connectivity index (χ0n) is 13.4. The molecule has 0 aliphatic rings. The third-order valence-corrected chi connectivity index (χ3v) is 5.40. The van der Waals surface area contributed by atoms with E-state index >= 15 is 0 Å². The van der Waals surface area contributed by atoms with E-state index in [2.05, 4.69) is 9.72 Å². The first kappa shape index (κ1) is 19.2. The molecule has 0 fully saturated rings. The molecule has 0 saturated heterocycles. The van der Waals surface area contributed by atoms with Gasteiger partial charge in [0.05, 0.1) is 0 Å². The summed E-state index contributed by atoms with van der Waals surface area (Å²) >= 11 is 0. The molecular weight excluding hydrogens is 357 g/mol. The average Bonchev–Trinajstić information content (AvgIpc) is 2.55. The van der Waals surface area contributed by atoms with Crippen LogP contribution in [0.5, 0.6) is 5.75 Å². The Labute approximate surface area is 144 Å². The van der Waals surface area contributed by atoms with Crippen LogP contribution in [0, 0.1) is 0 Å². The number of nitrogens with zero attached hydrogens (tertiary/aromatic N) is 2. The Hall–Kier alpha value is -2.13. The van der Waals surface area contributed by atoms with Gasteiger partial charge in [0.25, 0.3) is 0 Å². The quantitative estimate of drug-likeness (QED) is 0.747. The molecule has 0 atom stereocenters. The molecule has 136 valence electrons. The largest absolute Gasteiger partial charge is 0.573 e. The molecule has 25 heavy (non-hydrogen) atoms. The van der Waals surface area contributed by atoms with Crippen molar-refractivity contribution in [3.05, 3.63) is 54.4 Å². The van der Waals surface area contributed by atoms with Crippen LogP contribution in [-0.2, 0) is 16.4 Å².